The van der Waals surface area contributed by atoms with Crippen LogP contribution in [0.25, 0.3) is 10.2 Å². The molecule has 0 aliphatic carbocycles. The van der Waals surface area contributed by atoms with E-state index in [2.05, 4.69) is 22.1 Å². The normalized spacial score (nSPS) is 14.0. The molecular formula is C13H13N3O2S. The van der Waals surface area contributed by atoms with Crippen LogP contribution in [-0.2, 0) is 0 Å². The number of thiazole rings is 1. The van der Waals surface area contributed by atoms with Gasteiger partial charge in [0.15, 0.2) is 16.6 Å². The average molecular weight is 275 g/mol. The Morgan fingerprint density at radius 2 is 2.42 bits per heavy atom. The molecule has 0 bridgehead atoms. The van der Waals surface area contributed by atoms with Crippen molar-refractivity contribution >= 4 is 26.7 Å². The first-order valence-corrected chi connectivity index (χ1v) is 6.71. The summed E-state index contributed by atoms with van der Waals surface area (Å²) >= 11 is 1.55. The molecule has 1 aromatic heterocycles. The lowest BCUT2D eigenvalue weighted by Gasteiger charge is -2.08. The van der Waals surface area contributed by atoms with Crippen molar-refractivity contribution in [1.29, 1.82) is 0 Å². The fourth-order valence-electron chi connectivity index (χ4n) is 1.90. The van der Waals surface area contributed by atoms with Crippen LogP contribution in [0.1, 0.15) is 6.92 Å². The van der Waals surface area contributed by atoms with E-state index in [1.165, 1.54) is 0 Å². The molecule has 2 heterocycles. The minimum Gasteiger partial charge on any atom is -0.454 e. The lowest BCUT2D eigenvalue weighted by atomic mass is 10.3. The van der Waals surface area contributed by atoms with Crippen LogP contribution in [0.15, 0.2) is 12.1 Å². The van der Waals surface area contributed by atoms with Crippen LogP contribution < -0.4 is 20.5 Å². The van der Waals surface area contributed by atoms with E-state index >= 15 is 0 Å². The van der Waals surface area contributed by atoms with Gasteiger partial charge in [0.25, 0.3) is 0 Å². The highest BCUT2D eigenvalue weighted by molar-refractivity contribution is 7.22. The molecule has 6 heteroatoms. The molecule has 3 N–H and O–H groups in total. The predicted octanol–water partition coefficient (Wildman–Crippen LogP) is 1.79. The summed E-state index contributed by atoms with van der Waals surface area (Å²) in [6.07, 6.45) is 0. The summed E-state index contributed by atoms with van der Waals surface area (Å²) in [6.45, 7) is 2.48. The Bertz CT molecular complexity index is 672. The van der Waals surface area contributed by atoms with Gasteiger partial charge in [-0.05, 0) is 19.1 Å². The van der Waals surface area contributed by atoms with Crippen LogP contribution in [0.2, 0.25) is 0 Å². The van der Waals surface area contributed by atoms with Crippen molar-refractivity contribution in [3.8, 4) is 23.3 Å². The lowest BCUT2D eigenvalue weighted by Crippen LogP contribution is -2.27. The third-order valence-electron chi connectivity index (χ3n) is 2.75. The SMILES string of the molecule is CC#CC(CN)Nc1nc2c3c(ccc2s1)OCO3. The van der Waals surface area contributed by atoms with Crippen molar-refractivity contribution in [3.05, 3.63) is 12.1 Å². The fraction of sp³-hybridized carbons (Fsp3) is 0.308. The molecule has 5 nitrogen and oxygen atoms in total. The highest BCUT2D eigenvalue weighted by Gasteiger charge is 2.20. The van der Waals surface area contributed by atoms with Crippen molar-refractivity contribution in [2.45, 2.75) is 13.0 Å². The highest BCUT2D eigenvalue weighted by Crippen LogP contribution is 2.41. The smallest absolute Gasteiger partial charge is 0.231 e. The first-order valence-electron chi connectivity index (χ1n) is 5.90. The number of benzene rings is 1. The van der Waals surface area contributed by atoms with Gasteiger partial charge < -0.3 is 20.5 Å². The van der Waals surface area contributed by atoms with E-state index < -0.39 is 0 Å². The summed E-state index contributed by atoms with van der Waals surface area (Å²) in [5.74, 6) is 7.32. The molecule has 98 valence electrons. The lowest BCUT2D eigenvalue weighted by molar-refractivity contribution is 0.174. The Morgan fingerprint density at radius 1 is 1.53 bits per heavy atom. The zero-order valence-electron chi connectivity index (χ0n) is 10.4. The maximum absolute atomic E-state index is 5.66. The van der Waals surface area contributed by atoms with Crippen LogP contribution in [0.3, 0.4) is 0 Å². The molecule has 3 rings (SSSR count). The highest BCUT2D eigenvalue weighted by atomic mass is 32.1. The molecule has 0 saturated heterocycles. The van der Waals surface area contributed by atoms with Gasteiger partial charge in [-0.15, -0.1) is 5.92 Å². The molecule has 2 aromatic rings. The maximum atomic E-state index is 5.66. The van der Waals surface area contributed by atoms with E-state index in [1.807, 2.05) is 12.1 Å². The van der Waals surface area contributed by atoms with Gasteiger partial charge in [0.05, 0.1) is 4.70 Å². The fourth-order valence-corrected chi connectivity index (χ4v) is 2.81. The third kappa shape index (κ3) is 2.18. The summed E-state index contributed by atoms with van der Waals surface area (Å²) in [5, 5.41) is 4.01. The molecule has 1 atom stereocenters. The molecule has 1 unspecified atom stereocenters. The van der Waals surface area contributed by atoms with Gasteiger partial charge in [0, 0.05) is 6.54 Å². The number of ether oxygens (including phenoxy) is 2. The van der Waals surface area contributed by atoms with Gasteiger partial charge in [-0.2, -0.15) is 0 Å². The summed E-state index contributed by atoms with van der Waals surface area (Å²) in [4.78, 5) is 4.53. The Morgan fingerprint density at radius 3 is 3.21 bits per heavy atom. The molecule has 0 radical (unpaired) electrons. The van der Waals surface area contributed by atoms with Gasteiger partial charge in [0.2, 0.25) is 6.79 Å². The third-order valence-corrected chi connectivity index (χ3v) is 3.70. The molecular weight excluding hydrogens is 262 g/mol. The van der Waals surface area contributed by atoms with Gasteiger partial charge in [-0.25, -0.2) is 4.98 Å². The van der Waals surface area contributed by atoms with Crippen molar-refractivity contribution < 1.29 is 9.47 Å². The Hall–Kier alpha value is -1.97. The molecule has 19 heavy (non-hydrogen) atoms. The first kappa shape index (κ1) is 12.1. The van der Waals surface area contributed by atoms with Crippen LogP contribution >= 0.6 is 11.3 Å². The topological polar surface area (TPSA) is 69.4 Å². The van der Waals surface area contributed by atoms with E-state index in [1.54, 1.807) is 18.3 Å². The minimum atomic E-state index is -0.0872. The van der Waals surface area contributed by atoms with Crippen molar-refractivity contribution in [3.63, 3.8) is 0 Å². The second-order valence-corrected chi connectivity index (χ2v) is 5.02. The minimum absolute atomic E-state index is 0.0872. The number of aromatic nitrogens is 1. The van der Waals surface area contributed by atoms with Crippen LogP contribution in [-0.4, -0.2) is 24.4 Å². The number of rotatable bonds is 3. The van der Waals surface area contributed by atoms with Gasteiger partial charge in [0.1, 0.15) is 11.6 Å². The molecule has 1 aliphatic heterocycles. The summed E-state index contributed by atoms with van der Waals surface area (Å²) in [5.41, 5.74) is 6.48. The molecule has 1 aromatic carbocycles. The molecule has 0 amide bonds. The van der Waals surface area contributed by atoms with Gasteiger partial charge >= 0.3 is 0 Å². The second-order valence-electron chi connectivity index (χ2n) is 3.99. The van der Waals surface area contributed by atoms with Crippen LogP contribution in [0.5, 0.6) is 11.5 Å². The van der Waals surface area contributed by atoms with E-state index in [9.17, 15) is 0 Å². The Balaban J connectivity index is 1.95. The number of nitrogens with zero attached hydrogens (tertiary/aromatic N) is 1. The van der Waals surface area contributed by atoms with E-state index in [-0.39, 0.29) is 12.8 Å². The van der Waals surface area contributed by atoms with Crippen molar-refractivity contribution in [1.82, 2.24) is 4.98 Å². The quantitative estimate of drug-likeness (QED) is 0.836. The molecule has 0 saturated carbocycles. The summed E-state index contributed by atoms with van der Waals surface area (Å²) in [7, 11) is 0. The number of hydrogen-bond donors (Lipinski definition) is 2. The van der Waals surface area contributed by atoms with Gasteiger partial charge in [-0.3, -0.25) is 0 Å². The summed E-state index contributed by atoms with van der Waals surface area (Å²) in [6, 6.07) is 3.80. The zero-order chi connectivity index (χ0) is 13.2. The summed E-state index contributed by atoms with van der Waals surface area (Å²) < 4.78 is 11.8. The first-order chi connectivity index (χ1) is 9.31. The standard InChI is InChI=1S/C13H13N3O2S/c1-2-3-8(6-14)15-13-16-11-10(19-13)5-4-9-12(11)18-7-17-9/h4-5,8H,6-7,14H2,1H3,(H,15,16). The Kier molecular flexibility index (Phi) is 3.15. The number of anilines is 1. The average Bonchev–Trinajstić information content (AvgIpc) is 3.02. The molecule has 0 fully saturated rings. The predicted molar refractivity (Wildman–Crippen MR) is 75.7 cm³/mol. The van der Waals surface area contributed by atoms with Crippen LogP contribution in [0, 0.1) is 11.8 Å². The van der Waals surface area contributed by atoms with Crippen molar-refractivity contribution in [2.24, 2.45) is 5.73 Å². The number of fused-ring (bicyclic) bond motifs is 3. The maximum Gasteiger partial charge on any atom is 0.231 e. The van der Waals surface area contributed by atoms with Crippen LogP contribution in [0.4, 0.5) is 5.13 Å². The van der Waals surface area contributed by atoms with E-state index in [0.717, 1.165) is 21.1 Å². The Labute approximate surface area is 114 Å². The largest absolute Gasteiger partial charge is 0.454 e. The van der Waals surface area contributed by atoms with E-state index in [0.29, 0.717) is 12.3 Å². The van der Waals surface area contributed by atoms with Crippen molar-refractivity contribution in [2.75, 3.05) is 18.7 Å². The van der Waals surface area contributed by atoms with Gasteiger partial charge in [-0.1, -0.05) is 17.3 Å². The number of nitrogens with two attached hydrogens (primary N) is 1. The molecule has 0 spiro atoms. The number of nitrogens with one attached hydrogen (secondary N) is 1. The zero-order valence-corrected chi connectivity index (χ0v) is 11.2. The van der Waals surface area contributed by atoms with E-state index in [4.69, 9.17) is 15.2 Å². The molecule has 1 aliphatic rings. The monoisotopic (exact) mass is 275 g/mol. The second kappa shape index (κ2) is 4.96. The number of hydrogen-bond acceptors (Lipinski definition) is 6.